The number of hydrogen-bond donors (Lipinski definition) is 1. The van der Waals surface area contributed by atoms with E-state index in [1.54, 1.807) is 20.5 Å². The van der Waals surface area contributed by atoms with Crippen molar-refractivity contribution in [3.05, 3.63) is 65.0 Å². The molecule has 2 atom stereocenters. The van der Waals surface area contributed by atoms with Crippen LogP contribution in [0.15, 0.2) is 42.7 Å². The monoisotopic (exact) mass is 364 g/mol. The molecule has 0 aliphatic carbocycles. The van der Waals surface area contributed by atoms with Crippen LogP contribution in [0.1, 0.15) is 40.8 Å². The molecule has 1 aromatic heterocycles. The minimum atomic E-state index is 0.000379. The Morgan fingerprint density at radius 3 is 2.67 bits per heavy atom. The summed E-state index contributed by atoms with van der Waals surface area (Å²) in [5.74, 6) is 2.23. The minimum Gasteiger partial charge on any atom is -0.493 e. The number of aryl methyl sites for hydroxylation is 2. The van der Waals surface area contributed by atoms with Gasteiger partial charge in [0.15, 0.2) is 11.5 Å². The zero-order valence-electron chi connectivity index (χ0n) is 16.1. The predicted octanol–water partition coefficient (Wildman–Crippen LogP) is 4.06. The van der Waals surface area contributed by atoms with E-state index in [9.17, 15) is 0 Å². The third-order valence-corrected chi connectivity index (χ3v) is 5.36. The Hall–Kier alpha value is -3.02. The molecular weight excluding hydrogens is 340 g/mol. The first-order valence-corrected chi connectivity index (χ1v) is 9.06. The Kier molecular flexibility index (Phi) is 4.48. The van der Waals surface area contributed by atoms with Crippen LogP contribution in [0.2, 0.25) is 0 Å². The fourth-order valence-electron chi connectivity index (χ4n) is 3.75. The Balaban J connectivity index is 1.78. The highest BCUT2D eigenvalue weighted by molar-refractivity contribution is 5.50. The summed E-state index contributed by atoms with van der Waals surface area (Å²) in [5.41, 5.74) is 4.87. The molecule has 0 amide bonds. The second-order valence-corrected chi connectivity index (χ2v) is 6.90. The van der Waals surface area contributed by atoms with E-state index in [1.807, 2.05) is 16.8 Å². The molecule has 0 bridgehead atoms. The van der Waals surface area contributed by atoms with Crippen LogP contribution in [-0.4, -0.2) is 29.0 Å². The third-order valence-electron chi connectivity index (χ3n) is 5.36. The van der Waals surface area contributed by atoms with E-state index in [1.165, 1.54) is 16.7 Å². The van der Waals surface area contributed by atoms with E-state index in [4.69, 9.17) is 9.47 Å². The maximum Gasteiger partial charge on any atom is 0.222 e. The highest BCUT2D eigenvalue weighted by Gasteiger charge is 2.32. The molecule has 27 heavy (non-hydrogen) atoms. The van der Waals surface area contributed by atoms with E-state index < -0.39 is 0 Å². The summed E-state index contributed by atoms with van der Waals surface area (Å²) in [6.45, 7) is 4.28. The molecule has 0 unspecified atom stereocenters. The van der Waals surface area contributed by atoms with Crippen molar-refractivity contribution in [1.82, 2.24) is 14.8 Å². The van der Waals surface area contributed by atoms with Crippen LogP contribution in [0.4, 0.5) is 5.95 Å². The number of para-hydroxylation sites is 1. The van der Waals surface area contributed by atoms with Gasteiger partial charge in [-0.2, -0.15) is 10.1 Å². The topological polar surface area (TPSA) is 61.2 Å². The summed E-state index contributed by atoms with van der Waals surface area (Å²) < 4.78 is 13.1. The number of aromatic nitrogens is 3. The summed E-state index contributed by atoms with van der Waals surface area (Å²) >= 11 is 0. The van der Waals surface area contributed by atoms with Crippen LogP contribution in [0.3, 0.4) is 0 Å². The van der Waals surface area contributed by atoms with E-state index >= 15 is 0 Å². The summed E-state index contributed by atoms with van der Waals surface area (Å²) in [4.78, 5) is 4.41. The normalized spacial score (nSPS) is 18.5. The lowest BCUT2D eigenvalue weighted by atomic mass is 9.91. The average molecular weight is 364 g/mol. The first kappa shape index (κ1) is 17.4. The van der Waals surface area contributed by atoms with Crippen molar-refractivity contribution in [2.45, 2.75) is 32.4 Å². The van der Waals surface area contributed by atoms with Crippen LogP contribution >= 0.6 is 0 Å². The van der Waals surface area contributed by atoms with Gasteiger partial charge in [0.05, 0.1) is 26.3 Å². The molecular formula is C21H24N4O2. The van der Waals surface area contributed by atoms with Gasteiger partial charge in [0, 0.05) is 5.56 Å². The van der Waals surface area contributed by atoms with Gasteiger partial charge in [-0.05, 0) is 43.0 Å². The van der Waals surface area contributed by atoms with Gasteiger partial charge in [0.1, 0.15) is 6.33 Å². The molecule has 0 spiro atoms. The lowest BCUT2D eigenvalue weighted by molar-refractivity contribution is 0.340. The van der Waals surface area contributed by atoms with Gasteiger partial charge >= 0.3 is 0 Å². The van der Waals surface area contributed by atoms with Gasteiger partial charge in [-0.3, -0.25) is 0 Å². The molecule has 1 N–H and O–H groups in total. The van der Waals surface area contributed by atoms with Crippen molar-refractivity contribution >= 4 is 5.95 Å². The Morgan fingerprint density at radius 2 is 1.93 bits per heavy atom. The molecule has 0 saturated heterocycles. The lowest BCUT2D eigenvalue weighted by Gasteiger charge is -2.32. The number of rotatable bonds is 4. The molecule has 4 rings (SSSR count). The van der Waals surface area contributed by atoms with Crippen molar-refractivity contribution < 1.29 is 9.47 Å². The maximum atomic E-state index is 5.68. The van der Waals surface area contributed by atoms with E-state index in [0.29, 0.717) is 0 Å². The lowest BCUT2D eigenvalue weighted by Crippen LogP contribution is -2.28. The van der Waals surface area contributed by atoms with Crippen LogP contribution in [-0.2, 0) is 0 Å². The number of fused-ring (bicyclic) bond motifs is 1. The Morgan fingerprint density at radius 1 is 1.07 bits per heavy atom. The maximum absolute atomic E-state index is 5.68. The molecule has 0 fully saturated rings. The average Bonchev–Trinajstić information content (AvgIpc) is 3.17. The number of anilines is 1. The Bertz CT molecular complexity index is 967. The SMILES string of the molecule is COc1cccc([C@H]2C[C@@H](c3ccc(C)c(C)c3)Nc3ncnn32)c1OC. The van der Waals surface area contributed by atoms with Crippen molar-refractivity contribution in [2.75, 3.05) is 19.5 Å². The van der Waals surface area contributed by atoms with E-state index in [-0.39, 0.29) is 12.1 Å². The third kappa shape index (κ3) is 3.01. The number of benzene rings is 2. The zero-order chi connectivity index (χ0) is 19.0. The van der Waals surface area contributed by atoms with Crippen LogP contribution in [0, 0.1) is 13.8 Å². The molecule has 3 aromatic rings. The zero-order valence-corrected chi connectivity index (χ0v) is 16.1. The highest BCUT2D eigenvalue weighted by atomic mass is 16.5. The first-order chi connectivity index (χ1) is 13.1. The van der Waals surface area contributed by atoms with Gasteiger partial charge in [-0.1, -0.05) is 30.3 Å². The Labute approximate surface area is 159 Å². The van der Waals surface area contributed by atoms with Crippen molar-refractivity contribution in [1.29, 1.82) is 0 Å². The summed E-state index contributed by atoms with van der Waals surface area (Å²) in [6.07, 6.45) is 2.42. The van der Waals surface area contributed by atoms with Crippen LogP contribution in [0.25, 0.3) is 0 Å². The quantitative estimate of drug-likeness (QED) is 0.756. The summed E-state index contributed by atoms with van der Waals surface area (Å²) in [6, 6.07) is 12.7. The minimum absolute atomic E-state index is 0.000379. The van der Waals surface area contributed by atoms with E-state index in [2.05, 4.69) is 53.5 Å². The number of ether oxygens (including phenoxy) is 2. The second kappa shape index (κ2) is 6.95. The van der Waals surface area contributed by atoms with Crippen molar-refractivity contribution in [3.8, 4) is 11.5 Å². The fourth-order valence-corrected chi connectivity index (χ4v) is 3.75. The van der Waals surface area contributed by atoms with Crippen molar-refractivity contribution in [2.24, 2.45) is 0 Å². The number of hydrogen-bond acceptors (Lipinski definition) is 5. The van der Waals surface area contributed by atoms with Gasteiger partial charge < -0.3 is 14.8 Å². The van der Waals surface area contributed by atoms with Gasteiger partial charge in [0.2, 0.25) is 5.95 Å². The molecule has 6 heteroatoms. The molecule has 2 aromatic carbocycles. The van der Waals surface area contributed by atoms with Gasteiger partial charge in [0.25, 0.3) is 0 Å². The predicted molar refractivity (Wildman–Crippen MR) is 105 cm³/mol. The fraction of sp³-hybridized carbons (Fsp3) is 0.333. The van der Waals surface area contributed by atoms with Crippen LogP contribution in [0.5, 0.6) is 11.5 Å². The molecule has 0 saturated carbocycles. The molecule has 1 aliphatic rings. The molecule has 140 valence electrons. The van der Waals surface area contributed by atoms with Crippen LogP contribution < -0.4 is 14.8 Å². The highest BCUT2D eigenvalue weighted by Crippen LogP contribution is 2.43. The number of nitrogens with zero attached hydrogens (tertiary/aromatic N) is 3. The van der Waals surface area contributed by atoms with E-state index in [0.717, 1.165) is 29.4 Å². The summed E-state index contributed by atoms with van der Waals surface area (Å²) in [5, 5.41) is 7.97. The van der Waals surface area contributed by atoms with Gasteiger partial charge in [-0.25, -0.2) is 4.68 Å². The molecule has 2 heterocycles. The smallest absolute Gasteiger partial charge is 0.222 e. The number of nitrogens with one attached hydrogen (secondary N) is 1. The standard InChI is InChI=1S/C21H24N4O2/c1-13-8-9-15(10-14(13)2)17-11-18(25-21(24-17)22-12-23-25)16-6-5-7-19(26-3)20(16)27-4/h5-10,12,17-18H,11H2,1-4H3,(H,22,23,24)/t17-,18+/m0/s1. The summed E-state index contributed by atoms with van der Waals surface area (Å²) in [7, 11) is 3.33. The largest absolute Gasteiger partial charge is 0.493 e. The number of methoxy groups -OCH3 is 2. The first-order valence-electron chi connectivity index (χ1n) is 9.06. The van der Waals surface area contributed by atoms with Crippen molar-refractivity contribution in [3.63, 3.8) is 0 Å². The second-order valence-electron chi connectivity index (χ2n) is 6.90. The van der Waals surface area contributed by atoms with Gasteiger partial charge in [-0.15, -0.1) is 0 Å². The molecule has 6 nitrogen and oxygen atoms in total. The molecule has 1 aliphatic heterocycles. The molecule has 0 radical (unpaired) electrons.